The first-order valence-corrected chi connectivity index (χ1v) is 10.6. The number of likely N-dealkylation sites (N-methyl/N-ethyl adjacent to an activating group) is 1. The Morgan fingerprint density at radius 3 is 2.36 bits per heavy atom. The summed E-state index contributed by atoms with van der Waals surface area (Å²) in [4.78, 5) is 29.6. The third-order valence-corrected chi connectivity index (χ3v) is 6.29. The highest BCUT2D eigenvalue weighted by molar-refractivity contribution is 6.27. The number of ether oxygens (including phenoxy) is 2. The first-order valence-electron chi connectivity index (χ1n) is 10.6. The molecule has 0 spiro atoms. The summed E-state index contributed by atoms with van der Waals surface area (Å²) in [6.45, 7) is 0.291. The van der Waals surface area contributed by atoms with Crippen LogP contribution in [0.3, 0.4) is 0 Å². The standard InChI is InChI=1S/C26H24N2O5/c1-27(2)18(19-10-7-13-33-19)14-28-23-15-8-5-6-9-16(15)24(29)21(23)17-11-12-20(31-3)25(32-4)22(17)26(28)30/h5-13,18H,14H2,1-4H3. The molecule has 4 aromatic rings. The van der Waals surface area contributed by atoms with Gasteiger partial charge in [0.1, 0.15) is 5.76 Å². The van der Waals surface area contributed by atoms with Crippen molar-refractivity contribution in [2.24, 2.45) is 0 Å². The Labute approximate surface area is 190 Å². The second kappa shape index (κ2) is 7.94. The molecular weight excluding hydrogens is 420 g/mol. The van der Waals surface area contributed by atoms with E-state index in [4.69, 9.17) is 13.9 Å². The fourth-order valence-electron chi connectivity index (χ4n) is 4.71. The summed E-state index contributed by atoms with van der Waals surface area (Å²) in [7, 11) is 6.89. The normalized spacial score (nSPS) is 13.3. The number of nitrogens with zero attached hydrogens (tertiary/aromatic N) is 2. The number of methoxy groups -OCH3 is 2. The van der Waals surface area contributed by atoms with Gasteiger partial charge in [-0.15, -0.1) is 0 Å². The largest absolute Gasteiger partial charge is 0.493 e. The van der Waals surface area contributed by atoms with Gasteiger partial charge in [-0.25, -0.2) is 0 Å². The van der Waals surface area contributed by atoms with Gasteiger partial charge in [0, 0.05) is 23.1 Å². The highest BCUT2D eigenvalue weighted by Gasteiger charge is 2.35. The van der Waals surface area contributed by atoms with Crippen molar-refractivity contribution in [2.75, 3.05) is 28.3 Å². The van der Waals surface area contributed by atoms with E-state index in [1.165, 1.54) is 14.2 Å². The molecule has 0 saturated carbocycles. The third-order valence-electron chi connectivity index (χ3n) is 6.29. The first-order chi connectivity index (χ1) is 16.0. The van der Waals surface area contributed by atoms with E-state index in [1.54, 1.807) is 29.0 Å². The van der Waals surface area contributed by atoms with E-state index < -0.39 is 0 Å². The van der Waals surface area contributed by atoms with Crippen LogP contribution < -0.4 is 15.0 Å². The maximum Gasteiger partial charge on any atom is 0.262 e. The topological polar surface area (TPSA) is 73.9 Å². The average molecular weight is 444 g/mol. The van der Waals surface area contributed by atoms with Gasteiger partial charge in [-0.3, -0.25) is 14.5 Å². The van der Waals surface area contributed by atoms with Crippen molar-refractivity contribution in [3.05, 3.63) is 82.0 Å². The highest BCUT2D eigenvalue weighted by Crippen LogP contribution is 2.43. The van der Waals surface area contributed by atoms with E-state index in [2.05, 4.69) is 0 Å². The number of carbonyl (C=O) groups excluding carboxylic acids is 1. The van der Waals surface area contributed by atoms with Gasteiger partial charge in [0.15, 0.2) is 17.3 Å². The molecular formula is C26H24N2O5. The third kappa shape index (κ3) is 3.08. The maximum absolute atomic E-state index is 14.0. The first kappa shape index (κ1) is 21.0. The van der Waals surface area contributed by atoms with E-state index in [0.717, 1.165) is 11.3 Å². The van der Waals surface area contributed by atoms with E-state index in [-0.39, 0.29) is 17.4 Å². The molecule has 1 unspecified atom stereocenters. The van der Waals surface area contributed by atoms with Crippen LogP contribution in [0.15, 0.2) is 64.0 Å². The Morgan fingerprint density at radius 1 is 0.970 bits per heavy atom. The summed E-state index contributed by atoms with van der Waals surface area (Å²) in [5, 5.41) is 0.887. The summed E-state index contributed by atoms with van der Waals surface area (Å²) in [5.74, 6) is 1.38. The Balaban J connectivity index is 1.88. The molecule has 0 aliphatic heterocycles. The second-order valence-corrected chi connectivity index (χ2v) is 8.23. The van der Waals surface area contributed by atoms with Gasteiger partial charge in [0.25, 0.3) is 5.56 Å². The van der Waals surface area contributed by atoms with Crippen LogP contribution in [0.4, 0.5) is 0 Å². The molecule has 7 heteroatoms. The van der Waals surface area contributed by atoms with Crippen molar-refractivity contribution < 1.29 is 18.7 Å². The fourth-order valence-corrected chi connectivity index (χ4v) is 4.71. The van der Waals surface area contributed by atoms with Gasteiger partial charge in [0.2, 0.25) is 0 Å². The van der Waals surface area contributed by atoms with Gasteiger partial charge >= 0.3 is 0 Å². The SMILES string of the molecule is COc1ccc2c3c(n(CC(c4ccco4)N(C)C)c(=O)c2c1OC)-c1ccccc1C3=O. The Bertz CT molecular complexity index is 1430. The quantitative estimate of drug-likeness (QED) is 0.392. The molecule has 5 rings (SSSR count). The molecule has 1 atom stereocenters. The van der Waals surface area contributed by atoms with Crippen LogP contribution in [0.1, 0.15) is 27.7 Å². The summed E-state index contributed by atoms with van der Waals surface area (Å²) in [6.07, 6.45) is 1.62. The zero-order valence-electron chi connectivity index (χ0n) is 18.9. The van der Waals surface area contributed by atoms with Crippen molar-refractivity contribution in [1.82, 2.24) is 9.47 Å². The van der Waals surface area contributed by atoms with E-state index in [1.807, 2.05) is 49.3 Å². The van der Waals surface area contributed by atoms with Crippen LogP contribution in [0, 0.1) is 0 Å². The monoisotopic (exact) mass is 444 g/mol. The smallest absolute Gasteiger partial charge is 0.262 e. The molecule has 168 valence electrons. The summed E-state index contributed by atoms with van der Waals surface area (Å²) in [5.41, 5.74) is 2.22. The van der Waals surface area contributed by atoms with Crippen molar-refractivity contribution >= 4 is 16.6 Å². The summed E-state index contributed by atoms with van der Waals surface area (Å²) in [6, 6.07) is 14.4. The molecule has 7 nitrogen and oxygen atoms in total. The zero-order valence-corrected chi connectivity index (χ0v) is 18.9. The van der Waals surface area contributed by atoms with Crippen LogP contribution in [-0.2, 0) is 6.54 Å². The molecule has 0 saturated heterocycles. The lowest BCUT2D eigenvalue weighted by Crippen LogP contribution is -2.31. The highest BCUT2D eigenvalue weighted by atomic mass is 16.5. The molecule has 2 heterocycles. The number of aromatic nitrogens is 1. The average Bonchev–Trinajstić information content (AvgIpc) is 3.45. The van der Waals surface area contributed by atoms with Gasteiger partial charge < -0.3 is 18.5 Å². The van der Waals surface area contributed by atoms with Crippen molar-refractivity contribution in [2.45, 2.75) is 12.6 Å². The van der Waals surface area contributed by atoms with Gasteiger partial charge in [-0.2, -0.15) is 0 Å². The maximum atomic E-state index is 14.0. The number of pyridine rings is 1. The van der Waals surface area contributed by atoms with Crippen LogP contribution in [0.25, 0.3) is 22.0 Å². The van der Waals surface area contributed by atoms with Crippen molar-refractivity contribution in [1.29, 1.82) is 0 Å². The number of hydrogen-bond donors (Lipinski definition) is 0. The van der Waals surface area contributed by atoms with Gasteiger partial charge in [0.05, 0.1) is 43.2 Å². The second-order valence-electron chi connectivity index (χ2n) is 8.23. The number of carbonyl (C=O) groups is 1. The van der Waals surface area contributed by atoms with Crippen LogP contribution in [0.5, 0.6) is 11.5 Å². The van der Waals surface area contributed by atoms with Gasteiger partial charge in [-0.1, -0.05) is 24.3 Å². The number of ketones is 1. The number of benzene rings is 2. The lowest BCUT2D eigenvalue weighted by molar-refractivity contribution is 0.104. The molecule has 0 amide bonds. The summed E-state index contributed by atoms with van der Waals surface area (Å²) >= 11 is 0. The molecule has 2 aromatic carbocycles. The van der Waals surface area contributed by atoms with Crippen LogP contribution in [-0.4, -0.2) is 43.6 Å². The van der Waals surface area contributed by atoms with Crippen molar-refractivity contribution in [3.8, 4) is 22.8 Å². The van der Waals surface area contributed by atoms with Crippen LogP contribution in [0.2, 0.25) is 0 Å². The molecule has 0 radical (unpaired) electrons. The number of fused-ring (bicyclic) bond motifs is 5. The Kier molecular flexibility index (Phi) is 5.06. The van der Waals surface area contributed by atoms with Crippen molar-refractivity contribution in [3.63, 3.8) is 0 Å². The number of hydrogen-bond acceptors (Lipinski definition) is 6. The zero-order chi connectivity index (χ0) is 23.3. The van der Waals surface area contributed by atoms with Crippen LogP contribution >= 0.6 is 0 Å². The predicted molar refractivity (Wildman–Crippen MR) is 125 cm³/mol. The minimum Gasteiger partial charge on any atom is -0.493 e. The van der Waals surface area contributed by atoms with E-state index in [0.29, 0.717) is 45.6 Å². The molecule has 1 aliphatic carbocycles. The molecule has 2 aromatic heterocycles. The lowest BCUT2D eigenvalue weighted by atomic mass is 10.0. The fraction of sp³-hybridized carbons (Fsp3) is 0.231. The number of rotatable bonds is 6. The molecule has 0 bridgehead atoms. The number of furan rings is 1. The molecule has 0 fully saturated rings. The Hall–Kier alpha value is -3.84. The predicted octanol–water partition coefficient (Wildman–Crippen LogP) is 4.13. The van der Waals surface area contributed by atoms with Gasteiger partial charge in [-0.05, 0) is 38.4 Å². The molecule has 1 aliphatic rings. The minimum absolute atomic E-state index is 0.106. The Morgan fingerprint density at radius 2 is 1.73 bits per heavy atom. The summed E-state index contributed by atoms with van der Waals surface area (Å²) < 4.78 is 18.4. The molecule has 0 N–H and O–H groups in total. The minimum atomic E-state index is -0.248. The van der Waals surface area contributed by atoms with E-state index in [9.17, 15) is 9.59 Å². The van der Waals surface area contributed by atoms with E-state index >= 15 is 0 Å². The lowest BCUT2D eigenvalue weighted by Gasteiger charge is -2.25. The molecule has 33 heavy (non-hydrogen) atoms.